The Morgan fingerprint density at radius 1 is 1.12 bits per heavy atom. The Morgan fingerprint density at radius 3 is 2.63 bits per heavy atom. The van der Waals surface area contributed by atoms with Crippen molar-refractivity contribution >= 4 is 23.0 Å². The molecule has 43 heavy (non-hydrogen) atoms. The second-order valence-corrected chi connectivity index (χ2v) is 11.8. The Balaban J connectivity index is 1.32. The second-order valence-electron chi connectivity index (χ2n) is 11.8. The molecule has 0 amide bonds. The van der Waals surface area contributed by atoms with E-state index in [1.54, 1.807) is 15.2 Å². The number of hydrogen-bond acceptors (Lipinski definition) is 10. The lowest BCUT2D eigenvalue weighted by Crippen LogP contribution is -2.40. The maximum absolute atomic E-state index is 13.7. The summed E-state index contributed by atoms with van der Waals surface area (Å²) in [4.78, 5) is 39.9. The fourth-order valence-corrected chi connectivity index (χ4v) is 5.89. The Labute approximate surface area is 252 Å². The van der Waals surface area contributed by atoms with Crippen LogP contribution in [0.15, 0.2) is 29.1 Å². The first-order valence-corrected chi connectivity index (χ1v) is 15.4. The van der Waals surface area contributed by atoms with Gasteiger partial charge in [0, 0.05) is 32.7 Å². The van der Waals surface area contributed by atoms with Crippen LogP contribution in [0.25, 0.3) is 11.2 Å². The average Bonchev–Trinajstić information content (AvgIpc) is 3.45. The van der Waals surface area contributed by atoms with E-state index in [0.717, 1.165) is 82.7 Å². The summed E-state index contributed by atoms with van der Waals surface area (Å²) in [7, 11) is 1.40. The van der Waals surface area contributed by atoms with Crippen molar-refractivity contribution in [3.8, 4) is 6.01 Å². The SMILES string of the molecule is CCCCOc1nc2c3c(n1)n(CCCN(CCCN1CCOCC1)Cc1cccc(C(=O)OC)c1)c(=O)n3C(C)(C)N2. The third kappa shape index (κ3) is 7.19. The van der Waals surface area contributed by atoms with E-state index < -0.39 is 5.66 Å². The molecule has 12 nitrogen and oxygen atoms in total. The first-order valence-electron chi connectivity index (χ1n) is 15.4. The van der Waals surface area contributed by atoms with E-state index in [4.69, 9.17) is 19.2 Å². The minimum atomic E-state index is -0.615. The summed E-state index contributed by atoms with van der Waals surface area (Å²) in [6.45, 7) is 14.0. The number of imidazole rings is 1. The van der Waals surface area contributed by atoms with E-state index in [9.17, 15) is 9.59 Å². The highest BCUT2D eigenvalue weighted by Crippen LogP contribution is 2.35. The van der Waals surface area contributed by atoms with Gasteiger partial charge in [-0.1, -0.05) is 25.5 Å². The molecule has 1 aromatic carbocycles. The zero-order chi connectivity index (χ0) is 30.4. The third-order valence-electron chi connectivity index (χ3n) is 8.12. The number of unbranched alkanes of at least 4 members (excludes halogenated alkanes) is 1. The van der Waals surface area contributed by atoms with Crippen molar-refractivity contribution in [2.24, 2.45) is 0 Å². The second kappa shape index (κ2) is 13.9. The number of morpholine rings is 1. The van der Waals surface area contributed by atoms with Crippen molar-refractivity contribution < 1.29 is 19.0 Å². The summed E-state index contributed by atoms with van der Waals surface area (Å²) < 4.78 is 19.8. The Hall–Kier alpha value is -3.48. The predicted molar refractivity (Wildman–Crippen MR) is 165 cm³/mol. The number of nitrogens with zero attached hydrogens (tertiary/aromatic N) is 6. The average molecular weight is 596 g/mol. The minimum absolute atomic E-state index is 0.101. The number of nitrogens with one attached hydrogen (secondary N) is 1. The van der Waals surface area contributed by atoms with Crippen LogP contribution in [0.1, 0.15) is 62.4 Å². The lowest BCUT2D eigenvalue weighted by Gasteiger charge is -2.28. The summed E-state index contributed by atoms with van der Waals surface area (Å²) in [5.74, 6) is 0.294. The van der Waals surface area contributed by atoms with Gasteiger partial charge in [0.2, 0.25) is 0 Å². The van der Waals surface area contributed by atoms with Crippen molar-refractivity contribution in [2.45, 2.75) is 65.2 Å². The lowest BCUT2D eigenvalue weighted by molar-refractivity contribution is 0.0359. The van der Waals surface area contributed by atoms with E-state index in [1.807, 2.05) is 32.0 Å². The Morgan fingerprint density at radius 2 is 1.88 bits per heavy atom. The highest BCUT2D eigenvalue weighted by atomic mass is 16.5. The topological polar surface area (TPSA) is 116 Å². The largest absolute Gasteiger partial charge is 0.465 e. The number of methoxy groups -OCH3 is 1. The van der Waals surface area contributed by atoms with Gasteiger partial charge < -0.3 is 19.5 Å². The number of esters is 1. The van der Waals surface area contributed by atoms with E-state index in [2.05, 4.69) is 27.0 Å². The van der Waals surface area contributed by atoms with Gasteiger partial charge in [0.25, 0.3) is 0 Å². The molecule has 12 heteroatoms. The van der Waals surface area contributed by atoms with E-state index in [1.165, 1.54) is 7.11 Å². The first-order chi connectivity index (χ1) is 20.8. The quantitative estimate of drug-likeness (QED) is 0.207. The van der Waals surface area contributed by atoms with Crippen molar-refractivity contribution in [3.05, 3.63) is 45.9 Å². The van der Waals surface area contributed by atoms with Crippen LogP contribution < -0.4 is 15.7 Å². The van der Waals surface area contributed by atoms with Gasteiger partial charge in [-0.3, -0.25) is 18.9 Å². The van der Waals surface area contributed by atoms with Crippen LogP contribution in [-0.2, 0) is 28.2 Å². The van der Waals surface area contributed by atoms with Gasteiger partial charge in [0.05, 0.1) is 32.5 Å². The van der Waals surface area contributed by atoms with Gasteiger partial charge in [-0.25, -0.2) is 9.59 Å². The monoisotopic (exact) mass is 595 g/mol. The zero-order valence-corrected chi connectivity index (χ0v) is 25.9. The van der Waals surface area contributed by atoms with Gasteiger partial charge >= 0.3 is 17.7 Å². The standard InChI is InChI=1S/C31H45N7O5/c1-5-6-18-43-29-32-26-25-27(33-29)37(30(40)38(25)31(2,3)34-26)15-9-14-36(13-8-12-35-16-19-42-20-17-35)22-23-10-7-11-24(21-23)28(39)41-4/h7,10-11,21H,5-6,8-9,12-20,22H2,1-4H3,(H,32,33,34). The Bertz CT molecular complexity index is 1460. The van der Waals surface area contributed by atoms with Crippen molar-refractivity contribution in [3.63, 3.8) is 0 Å². The van der Waals surface area contributed by atoms with Crippen LogP contribution in [0.3, 0.4) is 0 Å². The molecule has 2 aliphatic rings. The van der Waals surface area contributed by atoms with Crippen molar-refractivity contribution in [2.75, 3.05) is 65.0 Å². The number of ether oxygens (including phenoxy) is 3. The molecule has 3 aromatic rings. The van der Waals surface area contributed by atoms with Crippen LogP contribution in [0.4, 0.5) is 5.82 Å². The van der Waals surface area contributed by atoms with Crippen LogP contribution in [-0.4, -0.2) is 94.5 Å². The smallest absolute Gasteiger partial charge is 0.337 e. The zero-order valence-electron chi connectivity index (χ0n) is 25.9. The summed E-state index contributed by atoms with van der Waals surface area (Å²) >= 11 is 0. The maximum atomic E-state index is 13.7. The van der Waals surface area contributed by atoms with Gasteiger partial charge in [-0.05, 0) is 63.9 Å². The maximum Gasteiger partial charge on any atom is 0.337 e. The molecular formula is C31H45N7O5. The molecule has 5 rings (SSSR count). The minimum Gasteiger partial charge on any atom is -0.465 e. The van der Waals surface area contributed by atoms with Crippen LogP contribution in [0.5, 0.6) is 6.01 Å². The first kappa shape index (κ1) is 31.0. The molecule has 0 radical (unpaired) electrons. The molecule has 0 unspecified atom stereocenters. The summed E-state index contributed by atoms with van der Waals surface area (Å²) in [5, 5.41) is 3.36. The van der Waals surface area contributed by atoms with E-state index >= 15 is 0 Å². The molecular weight excluding hydrogens is 550 g/mol. The van der Waals surface area contributed by atoms with Crippen LogP contribution >= 0.6 is 0 Å². The normalized spacial score (nSPS) is 16.1. The molecule has 0 aliphatic carbocycles. The molecule has 0 atom stereocenters. The molecule has 2 aliphatic heterocycles. The fourth-order valence-electron chi connectivity index (χ4n) is 5.89. The highest BCUT2D eigenvalue weighted by Gasteiger charge is 2.37. The molecule has 0 bridgehead atoms. The number of anilines is 1. The van der Waals surface area contributed by atoms with E-state index in [-0.39, 0.29) is 11.7 Å². The molecule has 4 heterocycles. The van der Waals surface area contributed by atoms with Crippen LogP contribution in [0, 0.1) is 0 Å². The van der Waals surface area contributed by atoms with Gasteiger partial charge in [0.1, 0.15) is 11.2 Å². The number of carbonyl (C=O) groups is 1. The Kier molecular flexibility index (Phi) is 9.99. The summed E-state index contributed by atoms with van der Waals surface area (Å²) in [5.41, 5.74) is 2.21. The van der Waals surface area contributed by atoms with Gasteiger partial charge in [0.15, 0.2) is 11.5 Å². The number of aromatic nitrogens is 4. The number of aryl methyl sites for hydroxylation is 1. The molecule has 1 saturated heterocycles. The number of hydrogen-bond donors (Lipinski definition) is 1. The lowest BCUT2D eigenvalue weighted by atomic mass is 10.1. The van der Waals surface area contributed by atoms with Gasteiger partial charge in [-0.2, -0.15) is 9.97 Å². The summed E-state index contributed by atoms with van der Waals surface area (Å²) in [6.07, 6.45) is 3.70. The molecule has 0 spiro atoms. The van der Waals surface area contributed by atoms with E-state index in [0.29, 0.717) is 42.7 Å². The third-order valence-corrected chi connectivity index (χ3v) is 8.12. The highest BCUT2D eigenvalue weighted by molar-refractivity contribution is 5.89. The molecule has 2 aromatic heterocycles. The number of rotatable bonds is 15. The predicted octanol–water partition coefficient (Wildman–Crippen LogP) is 3.29. The van der Waals surface area contributed by atoms with Crippen LogP contribution in [0.2, 0.25) is 0 Å². The molecule has 1 N–H and O–H groups in total. The van der Waals surface area contributed by atoms with Gasteiger partial charge in [-0.15, -0.1) is 0 Å². The fraction of sp³-hybridized carbons (Fsp3) is 0.613. The summed E-state index contributed by atoms with van der Waals surface area (Å²) in [6, 6.07) is 7.91. The van der Waals surface area contributed by atoms with Crippen molar-refractivity contribution in [1.82, 2.24) is 28.9 Å². The molecule has 1 fully saturated rings. The number of carbonyl (C=O) groups excluding carboxylic acids is 1. The number of benzene rings is 1. The van der Waals surface area contributed by atoms with Crippen molar-refractivity contribution in [1.29, 1.82) is 0 Å². The molecule has 234 valence electrons. The molecule has 0 saturated carbocycles.